The highest BCUT2D eigenvalue weighted by Crippen LogP contribution is 2.47. The monoisotopic (exact) mass is 440 g/mol. The van der Waals surface area contributed by atoms with Gasteiger partial charge < -0.3 is 10.6 Å². The predicted molar refractivity (Wildman–Crippen MR) is 106 cm³/mol. The van der Waals surface area contributed by atoms with Crippen LogP contribution < -0.4 is 10.6 Å². The summed E-state index contributed by atoms with van der Waals surface area (Å²) < 4.78 is 1.76. The lowest BCUT2D eigenvalue weighted by atomic mass is 9.96. The zero-order valence-corrected chi connectivity index (χ0v) is 16.5. The van der Waals surface area contributed by atoms with Crippen molar-refractivity contribution in [1.82, 2.24) is 25.4 Å². The molecule has 3 rings (SSSR count). The number of guanidine groups is 1. The number of nitrogens with one attached hydrogen (secondary N) is 2. The van der Waals surface area contributed by atoms with E-state index in [2.05, 4.69) is 56.0 Å². The molecule has 0 spiro atoms. The minimum atomic E-state index is 0. The number of hydrogen-bond donors (Lipinski definition) is 2. The Kier molecular flexibility index (Phi) is 6.59. The zero-order valence-electron chi connectivity index (χ0n) is 14.2. The van der Waals surface area contributed by atoms with E-state index in [1.807, 2.05) is 7.05 Å². The Bertz CT molecular complexity index is 663. The van der Waals surface area contributed by atoms with E-state index in [9.17, 15) is 0 Å². The van der Waals surface area contributed by atoms with Crippen molar-refractivity contribution >= 4 is 29.9 Å². The summed E-state index contributed by atoms with van der Waals surface area (Å²) in [6.45, 7) is 1.56. The van der Waals surface area contributed by atoms with Gasteiger partial charge in [0, 0.05) is 20.6 Å². The third-order valence-corrected chi connectivity index (χ3v) is 4.45. The second kappa shape index (κ2) is 8.46. The third kappa shape index (κ3) is 4.93. The van der Waals surface area contributed by atoms with Gasteiger partial charge in [-0.05, 0) is 30.2 Å². The highest BCUT2D eigenvalue weighted by molar-refractivity contribution is 14.0. The lowest BCUT2D eigenvalue weighted by molar-refractivity contribution is 0.491. The van der Waals surface area contributed by atoms with Crippen molar-refractivity contribution in [2.75, 3.05) is 13.6 Å². The Balaban J connectivity index is 0.00000208. The molecule has 6 nitrogen and oxygen atoms in total. The molecular weight excluding hydrogens is 415 g/mol. The maximum absolute atomic E-state index is 4.29. The summed E-state index contributed by atoms with van der Waals surface area (Å²) in [5, 5.41) is 10.8. The van der Waals surface area contributed by atoms with Crippen LogP contribution in [0.3, 0.4) is 0 Å². The van der Waals surface area contributed by atoms with Crippen molar-refractivity contribution < 1.29 is 0 Å². The van der Waals surface area contributed by atoms with E-state index in [-0.39, 0.29) is 24.0 Å². The minimum absolute atomic E-state index is 0. The molecule has 1 aliphatic rings. The lowest BCUT2D eigenvalue weighted by Gasteiger charge is -2.18. The Morgan fingerprint density at radius 3 is 2.58 bits per heavy atom. The van der Waals surface area contributed by atoms with Crippen molar-refractivity contribution in [3.05, 3.63) is 48.0 Å². The van der Waals surface area contributed by atoms with Crippen LogP contribution in [-0.2, 0) is 20.0 Å². The van der Waals surface area contributed by atoms with Crippen LogP contribution in [0.5, 0.6) is 0 Å². The molecular formula is C17H25IN6. The number of benzene rings is 1. The van der Waals surface area contributed by atoms with Crippen LogP contribution in [0, 0.1) is 5.41 Å². The fourth-order valence-electron chi connectivity index (χ4n) is 2.76. The first-order chi connectivity index (χ1) is 11.2. The molecule has 2 aromatic rings. The van der Waals surface area contributed by atoms with Gasteiger partial charge in [0.2, 0.25) is 0 Å². The first-order valence-electron chi connectivity index (χ1n) is 8.02. The highest BCUT2D eigenvalue weighted by Gasteiger charge is 2.42. The van der Waals surface area contributed by atoms with Crippen molar-refractivity contribution in [2.45, 2.75) is 25.8 Å². The van der Waals surface area contributed by atoms with E-state index in [1.54, 1.807) is 18.1 Å². The van der Waals surface area contributed by atoms with E-state index in [1.165, 1.54) is 18.4 Å². The van der Waals surface area contributed by atoms with E-state index in [4.69, 9.17) is 0 Å². The van der Waals surface area contributed by atoms with Crippen molar-refractivity contribution in [1.29, 1.82) is 0 Å². The molecule has 0 radical (unpaired) electrons. The Morgan fingerprint density at radius 2 is 2.00 bits per heavy atom. The van der Waals surface area contributed by atoms with Crippen molar-refractivity contribution in [3.8, 4) is 0 Å². The molecule has 0 amide bonds. The predicted octanol–water partition coefficient (Wildman–Crippen LogP) is 2.12. The van der Waals surface area contributed by atoms with E-state index < -0.39 is 0 Å². The molecule has 0 unspecified atom stereocenters. The first kappa shape index (κ1) is 18.7. The van der Waals surface area contributed by atoms with Gasteiger partial charge in [0.1, 0.15) is 12.2 Å². The van der Waals surface area contributed by atoms with Gasteiger partial charge >= 0.3 is 0 Å². The number of hydrogen-bond acceptors (Lipinski definition) is 3. The summed E-state index contributed by atoms with van der Waals surface area (Å²) in [5.74, 6) is 1.70. The van der Waals surface area contributed by atoms with E-state index in [0.29, 0.717) is 12.0 Å². The van der Waals surface area contributed by atoms with E-state index in [0.717, 1.165) is 24.7 Å². The zero-order chi connectivity index (χ0) is 16.1. The van der Waals surface area contributed by atoms with Crippen LogP contribution in [0.1, 0.15) is 24.2 Å². The van der Waals surface area contributed by atoms with E-state index >= 15 is 0 Å². The molecule has 1 aromatic heterocycles. The molecule has 24 heavy (non-hydrogen) atoms. The molecule has 0 saturated heterocycles. The van der Waals surface area contributed by atoms with Gasteiger partial charge in [0.05, 0.1) is 6.54 Å². The van der Waals surface area contributed by atoms with Crippen LogP contribution in [0.4, 0.5) is 0 Å². The Morgan fingerprint density at radius 1 is 1.25 bits per heavy atom. The Hall–Kier alpha value is -1.64. The molecule has 1 saturated carbocycles. The minimum Gasteiger partial charge on any atom is -0.356 e. The number of nitrogens with zero attached hydrogens (tertiary/aromatic N) is 4. The van der Waals surface area contributed by atoms with Gasteiger partial charge in [-0.2, -0.15) is 5.10 Å². The molecule has 1 aliphatic carbocycles. The fraction of sp³-hybridized carbons (Fsp3) is 0.471. The summed E-state index contributed by atoms with van der Waals surface area (Å²) in [7, 11) is 3.68. The quantitative estimate of drug-likeness (QED) is 0.411. The van der Waals surface area contributed by atoms with Crippen molar-refractivity contribution in [2.24, 2.45) is 17.5 Å². The van der Waals surface area contributed by atoms with Gasteiger partial charge in [-0.1, -0.05) is 30.3 Å². The second-order valence-electron chi connectivity index (χ2n) is 6.24. The lowest BCUT2D eigenvalue weighted by Crippen LogP contribution is -2.40. The summed E-state index contributed by atoms with van der Waals surface area (Å²) in [6, 6.07) is 10.7. The van der Waals surface area contributed by atoms with Gasteiger partial charge in [-0.25, -0.2) is 4.98 Å². The summed E-state index contributed by atoms with van der Waals surface area (Å²) in [4.78, 5) is 8.50. The number of aromatic nitrogens is 3. The smallest absolute Gasteiger partial charge is 0.191 e. The number of aryl methyl sites for hydroxylation is 1. The maximum atomic E-state index is 4.29. The Labute approximate surface area is 160 Å². The second-order valence-corrected chi connectivity index (χ2v) is 6.24. The number of rotatable bonds is 6. The topological polar surface area (TPSA) is 67.1 Å². The average molecular weight is 440 g/mol. The summed E-state index contributed by atoms with van der Waals surface area (Å²) >= 11 is 0. The number of halogens is 1. The highest BCUT2D eigenvalue weighted by atomic mass is 127. The number of aliphatic imine (C=N–C) groups is 1. The molecule has 2 N–H and O–H groups in total. The van der Waals surface area contributed by atoms with Crippen LogP contribution in [0.2, 0.25) is 0 Å². The van der Waals surface area contributed by atoms with Gasteiger partial charge in [0.25, 0.3) is 0 Å². The third-order valence-electron chi connectivity index (χ3n) is 4.45. The first-order valence-corrected chi connectivity index (χ1v) is 8.02. The molecule has 1 fully saturated rings. The standard InChI is InChI=1S/C17H24N6.HI/c1-18-16(19-11-15-21-13-22-23(15)2)20-12-17(8-9-17)10-14-6-4-3-5-7-14;/h3-7,13H,8-12H2,1-2H3,(H2,18,19,20);1H. The van der Waals surface area contributed by atoms with Crippen molar-refractivity contribution in [3.63, 3.8) is 0 Å². The van der Waals surface area contributed by atoms with Gasteiger partial charge in [0.15, 0.2) is 5.96 Å². The van der Waals surface area contributed by atoms with Crippen LogP contribution in [-0.4, -0.2) is 34.3 Å². The fourth-order valence-corrected chi connectivity index (χ4v) is 2.76. The molecule has 130 valence electrons. The molecule has 1 heterocycles. The summed E-state index contributed by atoms with van der Waals surface area (Å²) in [5.41, 5.74) is 1.79. The molecule has 7 heteroatoms. The largest absolute Gasteiger partial charge is 0.356 e. The SMILES string of the molecule is CN=C(NCc1ncnn1C)NCC1(Cc2ccccc2)CC1.I. The molecule has 0 aliphatic heterocycles. The van der Waals surface area contributed by atoms with Crippen LogP contribution in [0.15, 0.2) is 41.7 Å². The molecule has 0 bridgehead atoms. The van der Waals surface area contributed by atoms with Crippen LogP contribution in [0.25, 0.3) is 0 Å². The van der Waals surface area contributed by atoms with Crippen LogP contribution >= 0.6 is 24.0 Å². The maximum Gasteiger partial charge on any atom is 0.191 e. The average Bonchev–Trinajstić information content (AvgIpc) is 3.21. The molecule has 1 aromatic carbocycles. The van der Waals surface area contributed by atoms with Gasteiger partial charge in [-0.3, -0.25) is 9.67 Å². The summed E-state index contributed by atoms with van der Waals surface area (Å²) in [6.07, 6.45) is 5.23. The van der Waals surface area contributed by atoms with Gasteiger partial charge in [-0.15, -0.1) is 24.0 Å². The normalized spacial score (nSPS) is 15.5. The molecule has 0 atom stereocenters.